The molecular formula is C12H15N3O5. The first-order valence-electron chi connectivity index (χ1n) is 6.14. The quantitative estimate of drug-likeness (QED) is 0.624. The Labute approximate surface area is 114 Å². The summed E-state index contributed by atoms with van der Waals surface area (Å²) in [5.41, 5.74) is -1.49. The zero-order valence-corrected chi connectivity index (χ0v) is 11.1. The molecule has 1 aliphatic carbocycles. The number of aliphatic carboxylic acids is 1. The molecule has 0 atom stereocenters. The molecule has 0 radical (unpaired) electrons. The Morgan fingerprint density at radius 1 is 1.50 bits per heavy atom. The van der Waals surface area contributed by atoms with Crippen LogP contribution in [0.15, 0.2) is 12.3 Å². The van der Waals surface area contributed by atoms with Crippen molar-refractivity contribution in [2.45, 2.75) is 38.3 Å². The first kappa shape index (κ1) is 14.0. The lowest BCUT2D eigenvalue weighted by Crippen LogP contribution is -2.50. The van der Waals surface area contributed by atoms with Gasteiger partial charge in [-0.25, -0.2) is 4.79 Å². The van der Waals surface area contributed by atoms with Crippen molar-refractivity contribution in [2.24, 2.45) is 0 Å². The molecule has 0 unspecified atom stereocenters. The number of nitrogens with one attached hydrogen (secondary N) is 1. The third-order valence-electron chi connectivity index (χ3n) is 3.18. The fourth-order valence-electron chi connectivity index (χ4n) is 1.80. The highest BCUT2D eigenvalue weighted by Gasteiger charge is 2.34. The number of nitrogens with zero attached hydrogens (tertiary/aromatic N) is 2. The van der Waals surface area contributed by atoms with Gasteiger partial charge in [-0.1, -0.05) is 0 Å². The van der Waals surface area contributed by atoms with Crippen LogP contribution in [-0.4, -0.2) is 32.0 Å². The van der Waals surface area contributed by atoms with Gasteiger partial charge in [-0.3, -0.25) is 14.9 Å². The number of rotatable bonds is 5. The van der Waals surface area contributed by atoms with Crippen LogP contribution in [0, 0.1) is 10.1 Å². The Bertz CT molecular complexity index is 586. The van der Waals surface area contributed by atoms with Crippen molar-refractivity contribution in [3.8, 4) is 0 Å². The number of carbonyl (C=O) groups is 2. The molecule has 1 saturated carbocycles. The van der Waals surface area contributed by atoms with E-state index in [1.54, 1.807) is 4.57 Å². The van der Waals surface area contributed by atoms with Crippen LogP contribution in [0.25, 0.3) is 0 Å². The van der Waals surface area contributed by atoms with Crippen LogP contribution in [0.4, 0.5) is 5.69 Å². The molecule has 0 saturated heterocycles. The van der Waals surface area contributed by atoms with E-state index in [0.29, 0.717) is 0 Å². The van der Waals surface area contributed by atoms with Crippen LogP contribution < -0.4 is 5.32 Å². The molecule has 1 aromatic rings. The maximum atomic E-state index is 12.1. The molecule has 2 N–H and O–H groups in total. The normalized spacial score (nSPS) is 14.9. The van der Waals surface area contributed by atoms with Crippen molar-refractivity contribution in [1.82, 2.24) is 9.88 Å². The molecule has 0 aliphatic heterocycles. The number of aromatic nitrogens is 1. The molecule has 1 aliphatic rings. The minimum Gasteiger partial charge on any atom is -0.480 e. The van der Waals surface area contributed by atoms with Gasteiger partial charge >= 0.3 is 5.97 Å². The second-order valence-corrected chi connectivity index (χ2v) is 5.36. The molecule has 20 heavy (non-hydrogen) atoms. The molecule has 0 spiro atoms. The number of carbonyl (C=O) groups excluding carboxylic acids is 1. The van der Waals surface area contributed by atoms with Crippen molar-refractivity contribution >= 4 is 17.6 Å². The lowest BCUT2D eigenvalue weighted by atomic mass is 10.1. The maximum Gasteiger partial charge on any atom is 0.328 e. The molecule has 8 nitrogen and oxygen atoms in total. The van der Waals surface area contributed by atoms with Gasteiger partial charge in [0.1, 0.15) is 11.2 Å². The van der Waals surface area contributed by atoms with Gasteiger partial charge in [-0.2, -0.15) is 0 Å². The molecular weight excluding hydrogens is 266 g/mol. The largest absolute Gasteiger partial charge is 0.480 e. The Balaban J connectivity index is 2.29. The van der Waals surface area contributed by atoms with E-state index in [1.807, 2.05) is 0 Å². The number of amides is 1. The monoisotopic (exact) mass is 281 g/mol. The second-order valence-electron chi connectivity index (χ2n) is 5.36. The van der Waals surface area contributed by atoms with E-state index in [-0.39, 0.29) is 17.4 Å². The molecule has 1 aromatic heterocycles. The summed E-state index contributed by atoms with van der Waals surface area (Å²) in [5, 5.41) is 22.1. The van der Waals surface area contributed by atoms with Crippen LogP contribution in [0.5, 0.6) is 0 Å². The third kappa shape index (κ3) is 2.63. The van der Waals surface area contributed by atoms with Crippen molar-refractivity contribution in [3.05, 3.63) is 28.1 Å². The van der Waals surface area contributed by atoms with E-state index in [1.165, 1.54) is 26.1 Å². The summed E-state index contributed by atoms with van der Waals surface area (Å²) < 4.78 is 1.55. The van der Waals surface area contributed by atoms with Crippen LogP contribution >= 0.6 is 0 Å². The Kier molecular flexibility index (Phi) is 3.24. The van der Waals surface area contributed by atoms with Crippen molar-refractivity contribution in [3.63, 3.8) is 0 Å². The van der Waals surface area contributed by atoms with E-state index >= 15 is 0 Å². The zero-order valence-electron chi connectivity index (χ0n) is 11.1. The predicted molar refractivity (Wildman–Crippen MR) is 68.5 cm³/mol. The van der Waals surface area contributed by atoms with Crippen molar-refractivity contribution < 1.29 is 19.6 Å². The van der Waals surface area contributed by atoms with Crippen molar-refractivity contribution in [1.29, 1.82) is 0 Å². The SMILES string of the molecule is CC(C)(NC(=O)c1cc([N+](=O)[O-])cn1C1CC1)C(=O)O. The number of carboxylic acids is 1. The summed E-state index contributed by atoms with van der Waals surface area (Å²) in [5.74, 6) is -1.80. The van der Waals surface area contributed by atoms with Gasteiger partial charge in [-0.05, 0) is 26.7 Å². The standard InChI is InChI=1S/C12H15N3O5/c1-12(2,11(17)18)13-10(16)9-5-8(15(19)20)6-14(9)7-3-4-7/h5-7H,3-4H2,1-2H3,(H,13,16)(H,17,18). The first-order chi connectivity index (χ1) is 9.22. The molecule has 0 bridgehead atoms. The van der Waals surface area contributed by atoms with Gasteiger partial charge in [-0.15, -0.1) is 0 Å². The Hall–Kier alpha value is -2.38. The topological polar surface area (TPSA) is 114 Å². The van der Waals surface area contributed by atoms with E-state index in [4.69, 9.17) is 5.11 Å². The molecule has 1 fully saturated rings. The zero-order chi connectivity index (χ0) is 15.1. The predicted octanol–water partition coefficient (Wildman–Crippen LogP) is 1.32. The Morgan fingerprint density at radius 3 is 2.55 bits per heavy atom. The molecule has 108 valence electrons. The van der Waals surface area contributed by atoms with Gasteiger partial charge in [0, 0.05) is 12.1 Å². The van der Waals surface area contributed by atoms with Gasteiger partial charge in [0.15, 0.2) is 0 Å². The van der Waals surface area contributed by atoms with Crippen LogP contribution in [0.3, 0.4) is 0 Å². The van der Waals surface area contributed by atoms with E-state index in [2.05, 4.69) is 5.32 Å². The van der Waals surface area contributed by atoms with Gasteiger partial charge in [0.2, 0.25) is 0 Å². The van der Waals surface area contributed by atoms with Crippen LogP contribution in [0.2, 0.25) is 0 Å². The minimum absolute atomic E-state index is 0.0809. The van der Waals surface area contributed by atoms with Crippen LogP contribution in [0.1, 0.15) is 43.2 Å². The fourth-order valence-corrected chi connectivity index (χ4v) is 1.80. The fraction of sp³-hybridized carbons (Fsp3) is 0.500. The van der Waals surface area contributed by atoms with Gasteiger partial charge in [0.05, 0.1) is 11.1 Å². The molecule has 1 amide bonds. The summed E-state index contributed by atoms with van der Waals surface area (Å²) in [4.78, 5) is 33.4. The number of hydrogen-bond donors (Lipinski definition) is 2. The molecule has 0 aromatic carbocycles. The average Bonchev–Trinajstić information content (AvgIpc) is 3.06. The van der Waals surface area contributed by atoms with Crippen molar-refractivity contribution in [2.75, 3.05) is 0 Å². The minimum atomic E-state index is -1.44. The van der Waals surface area contributed by atoms with Gasteiger partial charge in [0.25, 0.3) is 11.6 Å². The molecule has 2 rings (SSSR count). The second kappa shape index (κ2) is 4.62. The Morgan fingerprint density at radius 2 is 2.10 bits per heavy atom. The lowest BCUT2D eigenvalue weighted by Gasteiger charge is -2.21. The lowest BCUT2D eigenvalue weighted by molar-refractivity contribution is -0.384. The smallest absolute Gasteiger partial charge is 0.328 e. The maximum absolute atomic E-state index is 12.1. The molecule has 8 heteroatoms. The highest BCUT2D eigenvalue weighted by atomic mass is 16.6. The highest BCUT2D eigenvalue weighted by molar-refractivity contribution is 5.97. The summed E-state index contributed by atoms with van der Waals surface area (Å²) in [6.07, 6.45) is 3.03. The summed E-state index contributed by atoms with van der Waals surface area (Å²) >= 11 is 0. The molecule has 1 heterocycles. The first-order valence-corrected chi connectivity index (χ1v) is 6.14. The van der Waals surface area contributed by atoms with Gasteiger partial charge < -0.3 is 15.0 Å². The van der Waals surface area contributed by atoms with E-state index in [0.717, 1.165) is 12.8 Å². The summed E-state index contributed by atoms with van der Waals surface area (Å²) in [6.45, 7) is 2.71. The summed E-state index contributed by atoms with van der Waals surface area (Å²) in [7, 11) is 0. The number of nitro groups is 1. The average molecular weight is 281 g/mol. The van der Waals surface area contributed by atoms with Crippen LogP contribution in [-0.2, 0) is 4.79 Å². The highest BCUT2D eigenvalue weighted by Crippen LogP contribution is 2.37. The third-order valence-corrected chi connectivity index (χ3v) is 3.18. The van der Waals surface area contributed by atoms with E-state index < -0.39 is 22.3 Å². The summed E-state index contributed by atoms with van der Waals surface area (Å²) in [6, 6.07) is 1.25. The van der Waals surface area contributed by atoms with E-state index in [9.17, 15) is 19.7 Å². The number of carboxylic acid groups (broad SMARTS) is 1. The number of hydrogen-bond acceptors (Lipinski definition) is 4.